The number of hydrogen-bond donors (Lipinski definition) is 1. The zero-order valence-electron chi connectivity index (χ0n) is 17.7. The van der Waals surface area contributed by atoms with E-state index in [9.17, 15) is 4.79 Å². The molecule has 6 heteroatoms. The molecule has 0 fully saturated rings. The Morgan fingerprint density at radius 3 is 3.03 bits per heavy atom. The SMILES string of the molecule is [C-]#[N+]c1cccc(NC(=O)N2CCc3nc(CCCC)c4c(c3C2)CO[C@@H](C)C4)c1. The van der Waals surface area contributed by atoms with Crippen molar-refractivity contribution in [3.8, 4) is 0 Å². The number of carbonyl (C=O) groups excluding carboxylic acids is 1. The second-order valence-corrected chi connectivity index (χ2v) is 8.13. The standard InChI is InChI=1S/C24H28N4O2/c1-4-5-9-22-19-12-16(2)30-15-21(19)20-14-28(11-10-23(20)27-22)24(29)26-18-8-6-7-17(13-18)25-3/h6-8,13,16H,4-5,9-12,14-15H2,1-2H3,(H,26,29)/t16-/m0/s1. The Balaban J connectivity index is 1.57. The molecule has 156 valence electrons. The second kappa shape index (κ2) is 8.85. The molecular formula is C24H28N4O2. The Kier molecular flexibility index (Phi) is 6.01. The molecule has 0 saturated carbocycles. The molecule has 2 amide bonds. The number of nitrogens with one attached hydrogen (secondary N) is 1. The fraction of sp³-hybridized carbons (Fsp3) is 0.458. The van der Waals surface area contributed by atoms with Gasteiger partial charge in [-0.2, -0.15) is 0 Å². The van der Waals surface area contributed by atoms with Crippen molar-refractivity contribution in [2.24, 2.45) is 0 Å². The number of aromatic nitrogens is 1. The summed E-state index contributed by atoms with van der Waals surface area (Å²) in [5.41, 5.74) is 7.26. The average Bonchev–Trinajstić information content (AvgIpc) is 2.77. The largest absolute Gasteiger partial charge is 0.373 e. The van der Waals surface area contributed by atoms with E-state index in [1.54, 1.807) is 18.2 Å². The van der Waals surface area contributed by atoms with Gasteiger partial charge in [0.1, 0.15) is 0 Å². The van der Waals surface area contributed by atoms with Gasteiger partial charge in [0.15, 0.2) is 5.69 Å². The van der Waals surface area contributed by atoms with E-state index >= 15 is 0 Å². The number of amides is 2. The molecular weight excluding hydrogens is 376 g/mol. The van der Waals surface area contributed by atoms with Crippen LogP contribution in [0.3, 0.4) is 0 Å². The molecule has 0 aliphatic carbocycles. The number of unbranched alkanes of at least 4 members (excludes halogenated alkanes) is 1. The molecule has 1 aromatic carbocycles. The van der Waals surface area contributed by atoms with Crippen LogP contribution in [0, 0.1) is 6.57 Å². The fourth-order valence-corrected chi connectivity index (χ4v) is 4.30. The molecule has 0 unspecified atom stereocenters. The minimum Gasteiger partial charge on any atom is -0.373 e. The summed E-state index contributed by atoms with van der Waals surface area (Å²) < 4.78 is 5.97. The smallest absolute Gasteiger partial charge is 0.322 e. The van der Waals surface area contributed by atoms with E-state index in [0.29, 0.717) is 31.1 Å². The molecule has 4 rings (SSSR count). The summed E-state index contributed by atoms with van der Waals surface area (Å²) in [6, 6.07) is 6.88. The Morgan fingerprint density at radius 1 is 1.37 bits per heavy atom. The Labute approximate surface area is 178 Å². The van der Waals surface area contributed by atoms with Crippen molar-refractivity contribution >= 4 is 17.4 Å². The molecule has 1 aromatic heterocycles. The lowest BCUT2D eigenvalue weighted by atomic mass is 9.89. The minimum atomic E-state index is -0.142. The van der Waals surface area contributed by atoms with Crippen LogP contribution in [0.5, 0.6) is 0 Å². The Hall–Kier alpha value is -2.91. The summed E-state index contributed by atoms with van der Waals surface area (Å²) in [6.45, 7) is 13.3. The van der Waals surface area contributed by atoms with Crippen molar-refractivity contribution in [2.45, 2.75) is 65.2 Å². The summed E-state index contributed by atoms with van der Waals surface area (Å²) in [6.07, 6.45) is 5.17. The molecule has 0 radical (unpaired) electrons. The number of benzene rings is 1. The van der Waals surface area contributed by atoms with Crippen LogP contribution < -0.4 is 5.32 Å². The molecule has 2 aliphatic rings. The van der Waals surface area contributed by atoms with Gasteiger partial charge in [-0.25, -0.2) is 9.64 Å². The van der Waals surface area contributed by atoms with E-state index in [0.717, 1.165) is 43.4 Å². The first-order valence-corrected chi connectivity index (χ1v) is 10.8. The van der Waals surface area contributed by atoms with Gasteiger partial charge in [-0.1, -0.05) is 25.5 Å². The van der Waals surface area contributed by atoms with Gasteiger partial charge in [0.25, 0.3) is 0 Å². The molecule has 6 nitrogen and oxygen atoms in total. The van der Waals surface area contributed by atoms with Crippen LogP contribution in [0.4, 0.5) is 16.2 Å². The number of rotatable bonds is 4. The van der Waals surface area contributed by atoms with Gasteiger partial charge in [0.2, 0.25) is 0 Å². The number of anilines is 1. The van der Waals surface area contributed by atoms with Crippen LogP contribution >= 0.6 is 0 Å². The van der Waals surface area contributed by atoms with Crippen LogP contribution in [0.1, 0.15) is 54.8 Å². The molecule has 2 aliphatic heterocycles. The molecule has 0 spiro atoms. The first-order valence-electron chi connectivity index (χ1n) is 10.8. The predicted molar refractivity (Wildman–Crippen MR) is 117 cm³/mol. The Morgan fingerprint density at radius 2 is 2.23 bits per heavy atom. The number of carbonyl (C=O) groups is 1. The van der Waals surface area contributed by atoms with Crippen molar-refractivity contribution in [3.05, 3.63) is 63.8 Å². The lowest BCUT2D eigenvalue weighted by molar-refractivity contribution is 0.0393. The average molecular weight is 405 g/mol. The molecule has 1 atom stereocenters. The number of fused-ring (bicyclic) bond motifs is 3. The van der Waals surface area contributed by atoms with E-state index in [-0.39, 0.29) is 12.1 Å². The lowest BCUT2D eigenvalue weighted by Gasteiger charge is -2.34. The highest BCUT2D eigenvalue weighted by Gasteiger charge is 2.29. The van der Waals surface area contributed by atoms with E-state index in [2.05, 4.69) is 24.0 Å². The molecule has 0 bridgehead atoms. The van der Waals surface area contributed by atoms with Crippen molar-refractivity contribution in [1.29, 1.82) is 0 Å². The van der Waals surface area contributed by atoms with Crippen LogP contribution in [-0.2, 0) is 37.2 Å². The van der Waals surface area contributed by atoms with Crippen LogP contribution in [-0.4, -0.2) is 28.6 Å². The first kappa shape index (κ1) is 20.4. The summed E-state index contributed by atoms with van der Waals surface area (Å²) in [4.78, 5) is 23.2. The maximum atomic E-state index is 12.9. The number of pyridine rings is 1. The molecule has 30 heavy (non-hydrogen) atoms. The van der Waals surface area contributed by atoms with Gasteiger partial charge in [0.05, 0.1) is 19.3 Å². The maximum absolute atomic E-state index is 12.9. The van der Waals surface area contributed by atoms with E-state index < -0.39 is 0 Å². The number of hydrogen-bond acceptors (Lipinski definition) is 3. The first-order chi connectivity index (χ1) is 14.6. The normalized spacial score (nSPS) is 17.6. The van der Waals surface area contributed by atoms with Crippen molar-refractivity contribution in [3.63, 3.8) is 0 Å². The van der Waals surface area contributed by atoms with Crippen LogP contribution in [0.25, 0.3) is 4.85 Å². The van der Waals surface area contributed by atoms with Gasteiger partial charge in [-0.3, -0.25) is 4.98 Å². The number of urea groups is 1. The Bertz CT molecular complexity index is 995. The van der Waals surface area contributed by atoms with Gasteiger partial charge in [-0.05, 0) is 48.6 Å². The van der Waals surface area contributed by atoms with Crippen LogP contribution in [0.2, 0.25) is 0 Å². The van der Waals surface area contributed by atoms with Gasteiger partial charge >= 0.3 is 6.03 Å². The number of aryl methyl sites for hydroxylation is 1. The topological polar surface area (TPSA) is 58.8 Å². The highest BCUT2D eigenvalue weighted by atomic mass is 16.5. The van der Waals surface area contributed by atoms with Crippen LogP contribution in [0.15, 0.2) is 24.3 Å². The zero-order chi connectivity index (χ0) is 21.1. The van der Waals surface area contributed by atoms with E-state index in [1.165, 1.54) is 16.8 Å². The molecule has 3 heterocycles. The second-order valence-electron chi connectivity index (χ2n) is 8.13. The minimum absolute atomic E-state index is 0.142. The van der Waals surface area contributed by atoms with Crippen molar-refractivity contribution < 1.29 is 9.53 Å². The fourth-order valence-electron chi connectivity index (χ4n) is 4.30. The summed E-state index contributed by atoms with van der Waals surface area (Å²) in [5.74, 6) is 0. The van der Waals surface area contributed by atoms with Crippen molar-refractivity contribution in [2.75, 3.05) is 11.9 Å². The molecule has 2 aromatic rings. The highest BCUT2D eigenvalue weighted by Crippen LogP contribution is 2.32. The van der Waals surface area contributed by atoms with E-state index in [1.807, 2.05) is 11.0 Å². The number of nitrogens with zero attached hydrogens (tertiary/aromatic N) is 3. The highest BCUT2D eigenvalue weighted by molar-refractivity contribution is 5.90. The maximum Gasteiger partial charge on any atom is 0.322 e. The quantitative estimate of drug-likeness (QED) is 0.728. The zero-order valence-corrected chi connectivity index (χ0v) is 17.7. The third-order valence-electron chi connectivity index (χ3n) is 5.95. The van der Waals surface area contributed by atoms with Crippen molar-refractivity contribution in [1.82, 2.24) is 9.88 Å². The summed E-state index contributed by atoms with van der Waals surface area (Å²) in [7, 11) is 0. The number of ether oxygens (including phenoxy) is 1. The van der Waals surface area contributed by atoms with E-state index in [4.69, 9.17) is 16.3 Å². The third kappa shape index (κ3) is 4.17. The molecule has 1 N–H and O–H groups in total. The monoisotopic (exact) mass is 404 g/mol. The third-order valence-corrected chi connectivity index (χ3v) is 5.95. The molecule has 0 saturated heterocycles. The van der Waals surface area contributed by atoms with Gasteiger partial charge in [0, 0.05) is 43.0 Å². The van der Waals surface area contributed by atoms with Gasteiger partial charge in [-0.15, -0.1) is 0 Å². The lowest BCUT2D eigenvalue weighted by Crippen LogP contribution is -2.40. The summed E-state index contributed by atoms with van der Waals surface area (Å²) >= 11 is 0. The van der Waals surface area contributed by atoms with Gasteiger partial charge < -0.3 is 15.0 Å². The summed E-state index contributed by atoms with van der Waals surface area (Å²) in [5, 5.41) is 2.94. The predicted octanol–water partition coefficient (Wildman–Crippen LogP) is 5.03.